The average Bonchev–Trinajstić information content (AvgIpc) is 3.12. The minimum Gasteiger partial charge on any atom is -0.314 e. The van der Waals surface area contributed by atoms with E-state index in [1.54, 1.807) is 0 Å². The molecule has 5 heteroatoms. The Kier molecular flexibility index (Phi) is 5.26. The average molecular weight is 288 g/mol. The fourth-order valence-electron chi connectivity index (χ4n) is 2.87. The van der Waals surface area contributed by atoms with Gasteiger partial charge in [0.05, 0.1) is 5.75 Å². The Labute approximate surface area is 117 Å². The molecule has 2 aliphatic rings. The quantitative estimate of drug-likeness (QED) is 0.673. The Morgan fingerprint density at radius 3 is 2.42 bits per heavy atom. The lowest BCUT2D eigenvalue weighted by molar-refractivity contribution is 0.294. The Balaban J connectivity index is 1.65. The van der Waals surface area contributed by atoms with Crippen molar-refractivity contribution in [2.75, 3.05) is 12.3 Å². The summed E-state index contributed by atoms with van der Waals surface area (Å²) >= 11 is 0. The van der Waals surface area contributed by atoms with Crippen LogP contribution in [0, 0.1) is 0 Å². The number of hydrogen-bond donors (Lipinski definition) is 2. The highest BCUT2D eigenvalue weighted by Crippen LogP contribution is 2.28. The molecule has 0 heterocycles. The molecule has 2 rings (SSSR count). The van der Waals surface area contributed by atoms with Gasteiger partial charge in [-0.05, 0) is 52.0 Å². The van der Waals surface area contributed by atoms with Crippen LogP contribution in [0.5, 0.6) is 0 Å². The van der Waals surface area contributed by atoms with Gasteiger partial charge in [0, 0.05) is 11.6 Å². The van der Waals surface area contributed by atoms with Gasteiger partial charge in [-0.2, -0.15) is 0 Å². The molecule has 0 bridgehead atoms. The lowest BCUT2D eigenvalue weighted by Gasteiger charge is -2.34. The van der Waals surface area contributed by atoms with E-state index in [4.69, 9.17) is 0 Å². The third kappa shape index (κ3) is 5.79. The SMILES string of the molecule is CC1(NS(=O)(=O)CCCCNC2CC2)CCCCC1. The van der Waals surface area contributed by atoms with Gasteiger partial charge in [0.1, 0.15) is 0 Å². The van der Waals surface area contributed by atoms with Gasteiger partial charge < -0.3 is 5.32 Å². The van der Waals surface area contributed by atoms with E-state index >= 15 is 0 Å². The number of nitrogens with one attached hydrogen (secondary N) is 2. The van der Waals surface area contributed by atoms with E-state index in [0.717, 1.165) is 51.1 Å². The van der Waals surface area contributed by atoms with E-state index in [1.165, 1.54) is 19.3 Å². The van der Waals surface area contributed by atoms with Crippen molar-refractivity contribution in [1.82, 2.24) is 10.0 Å². The van der Waals surface area contributed by atoms with Crippen molar-refractivity contribution in [3.05, 3.63) is 0 Å². The summed E-state index contributed by atoms with van der Waals surface area (Å²) in [4.78, 5) is 0. The smallest absolute Gasteiger partial charge is 0.212 e. The van der Waals surface area contributed by atoms with Crippen molar-refractivity contribution >= 4 is 10.0 Å². The van der Waals surface area contributed by atoms with E-state index in [9.17, 15) is 8.42 Å². The first kappa shape index (κ1) is 15.3. The standard InChI is InChI=1S/C14H28N2O2S/c1-14(9-3-2-4-10-14)16-19(17,18)12-6-5-11-15-13-7-8-13/h13,15-16H,2-12H2,1H3. The number of unbranched alkanes of at least 4 members (excludes halogenated alkanes) is 1. The molecule has 2 fully saturated rings. The summed E-state index contributed by atoms with van der Waals surface area (Å²) in [6, 6.07) is 0.718. The zero-order chi connectivity index (χ0) is 13.8. The summed E-state index contributed by atoms with van der Waals surface area (Å²) < 4.78 is 27.1. The first-order chi connectivity index (χ1) is 8.99. The second-order valence-corrected chi connectivity index (χ2v) is 8.32. The minimum atomic E-state index is -3.10. The molecular weight excluding hydrogens is 260 g/mol. The molecule has 0 aromatic carbocycles. The molecule has 2 saturated carbocycles. The van der Waals surface area contributed by atoms with Crippen molar-refractivity contribution in [2.24, 2.45) is 0 Å². The van der Waals surface area contributed by atoms with Crippen molar-refractivity contribution < 1.29 is 8.42 Å². The van der Waals surface area contributed by atoms with E-state index in [1.807, 2.05) is 0 Å². The molecule has 2 aliphatic carbocycles. The molecule has 0 aliphatic heterocycles. The van der Waals surface area contributed by atoms with Gasteiger partial charge in [-0.25, -0.2) is 13.1 Å². The fourth-order valence-corrected chi connectivity index (χ4v) is 4.51. The molecule has 112 valence electrons. The second-order valence-electron chi connectivity index (χ2n) is 6.48. The summed E-state index contributed by atoms with van der Waals surface area (Å²) in [6.45, 7) is 3.01. The second kappa shape index (κ2) is 6.55. The lowest BCUT2D eigenvalue weighted by atomic mass is 9.84. The molecule has 19 heavy (non-hydrogen) atoms. The Bertz CT molecular complexity index is 371. The Morgan fingerprint density at radius 2 is 1.79 bits per heavy atom. The third-order valence-corrected chi connectivity index (χ3v) is 5.84. The summed E-state index contributed by atoms with van der Waals surface area (Å²) in [5.74, 6) is 0.273. The summed E-state index contributed by atoms with van der Waals surface area (Å²) in [6.07, 6.45) is 9.78. The van der Waals surface area contributed by atoms with Gasteiger partial charge in [0.15, 0.2) is 0 Å². The highest BCUT2D eigenvalue weighted by atomic mass is 32.2. The molecule has 0 aromatic heterocycles. The van der Waals surface area contributed by atoms with Gasteiger partial charge >= 0.3 is 0 Å². The van der Waals surface area contributed by atoms with Crippen LogP contribution in [-0.2, 0) is 10.0 Å². The Morgan fingerprint density at radius 1 is 1.11 bits per heavy atom. The van der Waals surface area contributed by atoms with Crippen LogP contribution in [0.15, 0.2) is 0 Å². The van der Waals surface area contributed by atoms with Gasteiger partial charge in [-0.3, -0.25) is 0 Å². The van der Waals surface area contributed by atoms with Gasteiger partial charge in [-0.1, -0.05) is 19.3 Å². The lowest BCUT2D eigenvalue weighted by Crippen LogP contribution is -2.47. The van der Waals surface area contributed by atoms with Gasteiger partial charge in [0.2, 0.25) is 10.0 Å². The van der Waals surface area contributed by atoms with Crippen molar-refractivity contribution in [3.8, 4) is 0 Å². The third-order valence-electron chi connectivity index (χ3n) is 4.21. The Hall–Kier alpha value is -0.130. The summed E-state index contributed by atoms with van der Waals surface area (Å²) in [5, 5.41) is 3.42. The largest absolute Gasteiger partial charge is 0.314 e. The van der Waals surface area contributed by atoms with E-state index in [0.29, 0.717) is 0 Å². The van der Waals surface area contributed by atoms with E-state index in [2.05, 4.69) is 17.0 Å². The van der Waals surface area contributed by atoms with Crippen molar-refractivity contribution in [1.29, 1.82) is 0 Å². The maximum atomic E-state index is 12.1. The molecule has 0 amide bonds. The zero-order valence-corrected chi connectivity index (χ0v) is 12.9. The van der Waals surface area contributed by atoms with Gasteiger partial charge in [-0.15, -0.1) is 0 Å². The maximum absolute atomic E-state index is 12.1. The molecule has 4 nitrogen and oxygen atoms in total. The molecular formula is C14H28N2O2S. The molecule has 0 saturated heterocycles. The van der Waals surface area contributed by atoms with Crippen LogP contribution in [0.2, 0.25) is 0 Å². The highest BCUT2D eigenvalue weighted by Gasteiger charge is 2.30. The van der Waals surface area contributed by atoms with Crippen LogP contribution in [0.1, 0.15) is 64.7 Å². The van der Waals surface area contributed by atoms with Gasteiger partial charge in [0.25, 0.3) is 0 Å². The van der Waals surface area contributed by atoms with Crippen molar-refractivity contribution in [3.63, 3.8) is 0 Å². The molecule has 0 unspecified atom stereocenters. The summed E-state index contributed by atoms with van der Waals surface area (Å²) in [7, 11) is -3.10. The van der Waals surface area contributed by atoms with E-state index < -0.39 is 10.0 Å². The number of rotatable bonds is 8. The van der Waals surface area contributed by atoms with Crippen LogP contribution >= 0.6 is 0 Å². The first-order valence-electron chi connectivity index (χ1n) is 7.74. The topological polar surface area (TPSA) is 58.2 Å². The zero-order valence-electron chi connectivity index (χ0n) is 12.1. The van der Waals surface area contributed by atoms with Crippen LogP contribution < -0.4 is 10.0 Å². The highest BCUT2D eigenvalue weighted by molar-refractivity contribution is 7.89. The maximum Gasteiger partial charge on any atom is 0.212 e. The van der Waals surface area contributed by atoms with Crippen LogP contribution in [0.3, 0.4) is 0 Å². The monoisotopic (exact) mass is 288 g/mol. The first-order valence-corrected chi connectivity index (χ1v) is 9.39. The van der Waals surface area contributed by atoms with Crippen LogP contribution in [-0.4, -0.2) is 32.3 Å². The predicted octanol–water partition coefficient (Wildman–Crippen LogP) is 2.16. The number of sulfonamides is 1. The molecule has 0 spiro atoms. The van der Waals surface area contributed by atoms with E-state index in [-0.39, 0.29) is 11.3 Å². The molecule has 0 radical (unpaired) electrons. The molecule has 0 atom stereocenters. The molecule has 2 N–H and O–H groups in total. The predicted molar refractivity (Wildman–Crippen MR) is 78.7 cm³/mol. The van der Waals surface area contributed by atoms with Crippen molar-refractivity contribution in [2.45, 2.75) is 76.3 Å². The minimum absolute atomic E-state index is 0.191. The van der Waals surface area contributed by atoms with Crippen LogP contribution in [0.25, 0.3) is 0 Å². The fraction of sp³-hybridized carbons (Fsp3) is 1.00. The number of hydrogen-bond acceptors (Lipinski definition) is 3. The molecule has 0 aromatic rings. The van der Waals surface area contributed by atoms with Crippen LogP contribution in [0.4, 0.5) is 0 Å². The normalized spacial score (nSPS) is 23.4. The summed E-state index contributed by atoms with van der Waals surface area (Å²) in [5.41, 5.74) is -0.191.